The Labute approximate surface area is 178 Å². The molecule has 1 heterocycles. The molecule has 0 amide bonds. The molecule has 0 aromatic heterocycles. The molecule has 0 spiro atoms. The molecule has 1 aromatic rings. The van der Waals surface area contributed by atoms with Crippen LogP contribution in [-0.2, 0) is 16.4 Å². The number of nitrogens with zero attached hydrogens (tertiary/aromatic N) is 2. The third-order valence-corrected chi connectivity index (χ3v) is 5.44. The normalized spacial score (nSPS) is 13.4. The molecule has 1 aliphatic heterocycles. The first-order valence-corrected chi connectivity index (χ1v) is 10.6. The van der Waals surface area contributed by atoms with E-state index in [2.05, 4.69) is 15.6 Å². The number of hydrogen-bond acceptors (Lipinski definition) is 5. The zero-order valence-electron chi connectivity index (χ0n) is 16.0. The Morgan fingerprint density at radius 2 is 1.93 bits per heavy atom. The first-order valence-electron chi connectivity index (χ1n) is 8.72. The van der Waals surface area contributed by atoms with E-state index in [0.717, 1.165) is 30.0 Å². The lowest BCUT2D eigenvalue weighted by Crippen LogP contribution is -2.40. The summed E-state index contributed by atoms with van der Waals surface area (Å²) in [4.78, 5) is 4.18. The van der Waals surface area contributed by atoms with Crippen LogP contribution in [0.25, 0.3) is 0 Å². The van der Waals surface area contributed by atoms with Gasteiger partial charge in [-0.1, -0.05) is 13.0 Å². The van der Waals surface area contributed by atoms with Crippen LogP contribution in [0.5, 0.6) is 11.5 Å². The second-order valence-electron chi connectivity index (χ2n) is 5.97. The van der Waals surface area contributed by atoms with Crippen molar-refractivity contribution in [2.75, 3.05) is 46.3 Å². The van der Waals surface area contributed by atoms with E-state index in [1.54, 1.807) is 7.05 Å². The number of ether oxygens (including phenoxy) is 2. The molecule has 0 atom stereocenters. The molecule has 0 aliphatic carbocycles. The zero-order valence-corrected chi connectivity index (χ0v) is 19.2. The molecule has 0 saturated carbocycles. The van der Waals surface area contributed by atoms with Gasteiger partial charge in [0.15, 0.2) is 17.5 Å². The van der Waals surface area contributed by atoms with Gasteiger partial charge in [0.25, 0.3) is 0 Å². The fraction of sp³-hybridized carbons (Fsp3) is 0.588. The van der Waals surface area contributed by atoms with Gasteiger partial charge in [-0.3, -0.25) is 4.99 Å². The van der Waals surface area contributed by atoms with Gasteiger partial charge in [0.2, 0.25) is 16.8 Å². The smallest absolute Gasteiger partial charge is 0.231 e. The molecular weight excluding hydrogens is 483 g/mol. The number of hydrogen-bond donors (Lipinski definition) is 2. The highest BCUT2D eigenvalue weighted by Gasteiger charge is 2.14. The number of benzene rings is 1. The van der Waals surface area contributed by atoms with Crippen LogP contribution in [0.15, 0.2) is 23.2 Å². The third-order valence-electron chi connectivity index (χ3n) is 4.07. The lowest BCUT2D eigenvalue weighted by molar-refractivity contribution is 0.174. The quantitative estimate of drug-likeness (QED) is 0.225. The van der Waals surface area contributed by atoms with Crippen molar-refractivity contribution in [3.63, 3.8) is 0 Å². The van der Waals surface area contributed by atoms with Crippen molar-refractivity contribution in [1.82, 2.24) is 14.9 Å². The van der Waals surface area contributed by atoms with Gasteiger partial charge in [0, 0.05) is 33.2 Å². The van der Waals surface area contributed by atoms with Gasteiger partial charge < -0.3 is 20.1 Å². The van der Waals surface area contributed by atoms with Gasteiger partial charge in [-0.15, -0.1) is 24.0 Å². The number of rotatable bonds is 9. The van der Waals surface area contributed by atoms with Crippen LogP contribution in [0.1, 0.15) is 18.9 Å². The van der Waals surface area contributed by atoms with Crippen molar-refractivity contribution < 1.29 is 17.9 Å². The lowest BCUT2D eigenvalue weighted by atomic mass is 10.1. The molecule has 2 rings (SSSR count). The van der Waals surface area contributed by atoms with Gasteiger partial charge >= 0.3 is 0 Å². The van der Waals surface area contributed by atoms with Crippen molar-refractivity contribution in [3.05, 3.63) is 23.8 Å². The summed E-state index contributed by atoms with van der Waals surface area (Å²) >= 11 is 0. The van der Waals surface area contributed by atoms with E-state index in [4.69, 9.17) is 9.47 Å². The fourth-order valence-electron chi connectivity index (χ4n) is 2.66. The predicted molar refractivity (Wildman–Crippen MR) is 118 cm³/mol. The van der Waals surface area contributed by atoms with Gasteiger partial charge in [-0.25, -0.2) is 12.7 Å². The Morgan fingerprint density at radius 3 is 2.59 bits per heavy atom. The SMILES string of the molecule is CCN(CCCNC(=NC)NCCc1ccc2c(c1)OCO2)S(C)(=O)=O.I. The Kier molecular flexibility index (Phi) is 10.2. The summed E-state index contributed by atoms with van der Waals surface area (Å²) in [5.74, 6) is 2.28. The van der Waals surface area contributed by atoms with Crippen LogP contribution < -0.4 is 20.1 Å². The van der Waals surface area contributed by atoms with E-state index < -0.39 is 10.0 Å². The number of aliphatic imine (C=N–C) groups is 1. The molecule has 0 radical (unpaired) electrons. The predicted octanol–water partition coefficient (Wildman–Crippen LogP) is 1.41. The molecule has 154 valence electrons. The maximum atomic E-state index is 11.5. The Balaban J connectivity index is 0.00000364. The molecule has 8 nitrogen and oxygen atoms in total. The van der Waals surface area contributed by atoms with Crippen molar-refractivity contribution in [2.45, 2.75) is 19.8 Å². The average molecular weight is 512 g/mol. The van der Waals surface area contributed by atoms with Gasteiger partial charge in [0.1, 0.15) is 0 Å². The van der Waals surface area contributed by atoms with Gasteiger partial charge in [0.05, 0.1) is 6.26 Å². The van der Waals surface area contributed by atoms with Crippen molar-refractivity contribution in [3.8, 4) is 11.5 Å². The van der Waals surface area contributed by atoms with E-state index in [9.17, 15) is 8.42 Å². The molecule has 10 heteroatoms. The summed E-state index contributed by atoms with van der Waals surface area (Å²) in [6, 6.07) is 5.94. The number of guanidine groups is 1. The number of sulfonamides is 1. The van der Waals surface area contributed by atoms with E-state index >= 15 is 0 Å². The summed E-state index contributed by atoms with van der Waals surface area (Å²) in [6.45, 7) is 4.48. The van der Waals surface area contributed by atoms with E-state index in [1.807, 2.05) is 25.1 Å². The molecule has 0 unspecified atom stereocenters. The van der Waals surface area contributed by atoms with Crippen LogP contribution in [-0.4, -0.2) is 65.0 Å². The molecule has 1 aliphatic rings. The van der Waals surface area contributed by atoms with Crippen molar-refractivity contribution >= 4 is 40.0 Å². The van der Waals surface area contributed by atoms with Crippen LogP contribution in [0.4, 0.5) is 0 Å². The maximum Gasteiger partial charge on any atom is 0.231 e. The summed E-state index contributed by atoms with van der Waals surface area (Å²) < 4.78 is 35.2. The standard InChI is InChI=1S/C17H28N4O4S.HI/c1-4-21(26(3,22)23)11-5-9-19-17(18-2)20-10-8-14-6-7-15-16(12-14)25-13-24-15;/h6-7,12H,4-5,8-11,13H2,1-3H3,(H2,18,19,20);1H. The largest absolute Gasteiger partial charge is 0.454 e. The van der Waals surface area contributed by atoms with E-state index in [-0.39, 0.29) is 30.8 Å². The molecule has 0 fully saturated rings. The average Bonchev–Trinajstić information content (AvgIpc) is 3.06. The first kappa shape index (κ1) is 23.8. The summed E-state index contributed by atoms with van der Waals surface area (Å²) in [7, 11) is -1.42. The van der Waals surface area contributed by atoms with Crippen LogP contribution in [0.3, 0.4) is 0 Å². The molecule has 27 heavy (non-hydrogen) atoms. The topological polar surface area (TPSA) is 92.3 Å². The first-order chi connectivity index (χ1) is 12.4. The summed E-state index contributed by atoms with van der Waals surface area (Å²) in [5.41, 5.74) is 1.16. The molecule has 0 saturated heterocycles. The second-order valence-corrected chi connectivity index (χ2v) is 7.95. The molecule has 0 bridgehead atoms. The third kappa shape index (κ3) is 7.70. The van der Waals surface area contributed by atoms with Crippen LogP contribution in [0, 0.1) is 0 Å². The maximum absolute atomic E-state index is 11.5. The van der Waals surface area contributed by atoms with Crippen molar-refractivity contribution in [1.29, 1.82) is 0 Å². The Bertz CT molecular complexity index is 728. The minimum absolute atomic E-state index is 0. The molecule has 2 N–H and O–H groups in total. The highest BCUT2D eigenvalue weighted by Crippen LogP contribution is 2.32. The summed E-state index contributed by atoms with van der Waals surface area (Å²) in [6.07, 6.45) is 2.78. The number of halogens is 1. The minimum Gasteiger partial charge on any atom is -0.454 e. The highest BCUT2D eigenvalue weighted by molar-refractivity contribution is 14.0. The highest BCUT2D eigenvalue weighted by atomic mass is 127. The number of fused-ring (bicyclic) bond motifs is 1. The van der Waals surface area contributed by atoms with Crippen molar-refractivity contribution in [2.24, 2.45) is 4.99 Å². The fourth-order valence-corrected chi connectivity index (χ4v) is 3.59. The molecular formula is C17H29IN4O4S. The minimum atomic E-state index is -3.13. The monoisotopic (exact) mass is 512 g/mol. The Hall–Kier alpha value is -1.27. The van der Waals surface area contributed by atoms with Gasteiger partial charge in [-0.2, -0.15) is 0 Å². The number of nitrogens with one attached hydrogen (secondary N) is 2. The summed E-state index contributed by atoms with van der Waals surface area (Å²) in [5, 5.41) is 6.45. The Morgan fingerprint density at radius 1 is 1.22 bits per heavy atom. The molecule has 1 aromatic carbocycles. The van der Waals surface area contributed by atoms with Crippen LogP contribution in [0.2, 0.25) is 0 Å². The van der Waals surface area contributed by atoms with E-state index in [0.29, 0.717) is 32.0 Å². The second kappa shape index (κ2) is 11.5. The van der Waals surface area contributed by atoms with E-state index in [1.165, 1.54) is 10.6 Å². The van der Waals surface area contributed by atoms with Crippen LogP contribution >= 0.6 is 24.0 Å². The zero-order chi connectivity index (χ0) is 19.0. The lowest BCUT2D eigenvalue weighted by Gasteiger charge is -2.18. The van der Waals surface area contributed by atoms with Gasteiger partial charge in [-0.05, 0) is 30.5 Å².